The Labute approximate surface area is 140 Å². The van der Waals surface area contributed by atoms with Crippen LogP contribution in [0, 0.1) is 5.41 Å². The first kappa shape index (κ1) is 16.8. The second kappa shape index (κ2) is 7.59. The summed E-state index contributed by atoms with van der Waals surface area (Å²) in [4.78, 5) is 12.0. The van der Waals surface area contributed by atoms with Gasteiger partial charge in [0.2, 0.25) is 0 Å². The molecule has 0 spiro atoms. The van der Waals surface area contributed by atoms with E-state index in [0.717, 1.165) is 16.5 Å². The van der Waals surface area contributed by atoms with Crippen molar-refractivity contribution in [2.75, 3.05) is 0 Å². The minimum absolute atomic E-state index is 0.123. The van der Waals surface area contributed by atoms with Crippen molar-refractivity contribution < 1.29 is 9.53 Å². The van der Waals surface area contributed by atoms with E-state index < -0.39 is 0 Å². The van der Waals surface area contributed by atoms with Crippen LogP contribution in [0.4, 0.5) is 0 Å². The Hall–Kier alpha value is -1.61. The largest absolute Gasteiger partial charge is 0.461 e. The topological polar surface area (TPSA) is 26.3 Å². The highest BCUT2D eigenvalue weighted by Gasteiger charge is 2.23. The Morgan fingerprint density at radius 2 is 1.64 bits per heavy atom. The number of esters is 1. The maximum Gasteiger partial charge on any atom is 0.306 e. The minimum Gasteiger partial charge on any atom is -0.461 e. The molecule has 2 aromatic rings. The fraction of sp³-hybridized carbons (Fsp3) is 0.316. The van der Waals surface area contributed by atoms with E-state index in [2.05, 4.69) is 41.9 Å². The molecule has 0 atom stereocenters. The van der Waals surface area contributed by atoms with E-state index in [0.29, 0.717) is 13.0 Å². The van der Waals surface area contributed by atoms with Gasteiger partial charge < -0.3 is 4.74 Å². The van der Waals surface area contributed by atoms with Crippen LogP contribution < -0.4 is 0 Å². The zero-order valence-corrected chi connectivity index (χ0v) is 14.6. The van der Waals surface area contributed by atoms with Gasteiger partial charge in [0.05, 0.1) is 6.42 Å². The number of hydrogen-bond donors (Lipinski definition) is 0. The van der Waals surface area contributed by atoms with Crippen molar-refractivity contribution in [3.05, 3.63) is 70.2 Å². The summed E-state index contributed by atoms with van der Waals surface area (Å²) in [5.41, 5.74) is 2.12. The molecule has 2 aromatic carbocycles. The molecule has 0 aliphatic heterocycles. The number of rotatable bonds is 6. The molecule has 2 nitrogen and oxygen atoms in total. The fourth-order valence-corrected chi connectivity index (χ4v) is 2.66. The summed E-state index contributed by atoms with van der Waals surface area (Å²) >= 11 is 3.43. The van der Waals surface area contributed by atoms with Gasteiger partial charge in [0, 0.05) is 4.47 Å². The molecule has 3 heteroatoms. The highest BCUT2D eigenvalue weighted by Crippen LogP contribution is 2.27. The lowest BCUT2D eigenvalue weighted by Crippen LogP contribution is -2.21. The van der Waals surface area contributed by atoms with E-state index in [1.165, 1.54) is 5.56 Å². The lowest BCUT2D eigenvalue weighted by atomic mass is 9.83. The minimum atomic E-state index is -0.147. The lowest BCUT2D eigenvalue weighted by Gasteiger charge is -2.23. The van der Waals surface area contributed by atoms with Gasteiger partial charge in [-0.25, -0.2) is 0 Å². The molecule has 0 aliphatic carbocycles. The van der Waals surface area contributed by atoms with Crippen LogP contribution in [-0.4, -0.2) is 5.97 Å². The molecule has 0 N–H and O–H groups in total. The number of carbonyl (C=O) groups excluding carboxylic acids is 1. The van der Waals surface area contributed by atoms with Gasteiger partial charge >= 0.3 is 5.97 Å². The molecule has 0 radical (unpaired) electrons. The van der Waals surface area contributed by atoms with Gasteiger partial charge in [-0.1, -0.05) is 72.2 Å². The summed E-state index contributed by atoms with van der Waals surface area (Å²) in [5.74, 6) is -0.147. The molecular weight excluding hydrogens is 340 g/mol. The van der Waals surface area contributed by atoms with Gasteiger partial charge in [0.25, 0.3) is 0 Å². The predicted octanol–water partition coefficient (Wildman–Crippen LogP) is 5.15. The van der Waals surface area contributed by atoms with Gasteiger partial charge in [0.15, 0.2) is 0 Å². The highest BCUT2D eigenvalue weighted by molar-refractivity contribution is 9.10. The Bertz CT molecular complexity index is 603. The third-order valence-corrected chi connectivity index (χ3v) is 3.99. The number of hydrogen-bond acceptors (Lipinski definition) is 2. The maximum absolute atomic E-state index is 12.0. The average molecular weight is 361 g/mol. The summed E-state index contributed by atoms with van der Waals surface area (Å²) < 4.78 is 6.44. The number of benzene rings is 2. The summed E-state index contributed by atoms with van der Waals surface area (Å²) in [6.07, 6.45) is 1.26. The molecule has 0 aliphatic rings. The summed E-state index contributed by atoms with van der Waals surface area (Å²) in [6.45, 7) is 4.53. The highest BCUT2D eigenvalue weighted by atomic mass is 79.9. The van der Waals surface area contributed by atoms with E-state index in [1.807, 2.05) is 42.5 Å². The van der Waals surface area contributed by atoms with Gasteiger partial charge in [-0.05, 0) is 35.1 Å². The Morgan fingerprint density at radius 1 is 1.00 bits per heavy atom. The van der Waals surface area contributed by atoms with E-state index >= 15 is 0 Å². The number of halogens is 1. The van der Waals surface area contributed by atoms with Crippen molar-refractivity contribution in [1.29, 1.82) is 0 Å². The van der Waals surface area contributed by atoms with Crippen LogP contribution >= 0.6 is 15.9 Å². The Balaban J connectivity index is 1.85. The fourth-order valence-electron chi connectivity index (χ4n) is 2.40. The smallest absolute Gasteiger partial charge is 0.306 e. The van der Waals surface area contributed by atoms with Crippen LogP contribution in [0.2, 0.25) is 0 Å². The molecule has 0 fully saturated rings. The normalized spacial score (nSPS) is 11.2. The molecule has 0 aromatic heterocycles. The molecule has 0 heterocycles. The molecule has 0 amide bonds. The third kappa shape index (κ3) is 5.64. The molecule has 0 unspecified atom stereocenters. The molecule has 2 rings (SSSR count). The van der Waals surface area contributed by atoms with Crippen molar-refractivity contribution >= 4 is 21.9 Å². The number of carbonyl (C=O) groups is 1. The van der Waals surface area contributed by atoms with Crippen molar-refractivity contribution in [2.24, 2.45) is 5.41 Å². The van der Waals surface area contributed by atoms with Crippen LogP contribution in [0.1, 0.15) is 31.4 Å². The molecule has 0 saturated heterocycles. The quantitative estimate of drug-likeness (QED) is 0.665. The third-order valence-electron chi connectivity index (χ3n) is 3.46. The second-order valence-electron chi connectivity index (χ2n) is 6.29. The van der Waals surface area contributed by atoms with Crippen LogP contribution in [0.3, 0.4) is 0 Å². The maximum atomic E-state index is 12.0. The van der Waals surface area contributed by atoms with Gasteiger partial charge in [-0.15, -0.1) is 0 Å². The zero-order chi connectivity index (χ0) is 16.0. The van der Waals surface area contributed by atoms with Gasteiger partial charge in [0.1, 0.15) is 6.61 Å². The van der Waals surface area contributed by atoms with E-state index in [1.54, 1.807) is 0 Å². The SMILES string of the molecule is CC(C)(CC(=O)OCc1ccccc1)Cc1ccc(Br)cc1. The summed E-state index contributed by atoms with van der Waals surface area (Å²) in [6, 6.07) is 18.0. The monoisotopic (exact) mass is 360 g/mol. The predicted molar refractivity (Wildman–Crippen MR) is 92.5 cm³/mol. The molecular formula is C19H21BrO2. The van der Waals surface area contributed by atoms with Crippen molar-refractivity contribution in [1.82, 2.24) is 0 Å². The first-order valence-electron chi connectivity index (χ1n) is 7.39. The van der Waals surface area contributed by atoms with Crippen LogP contribution in [0.5, 0.6) is 0 Å². The number of ether oxygens (including phenoxy) is 1. The molecule has 22 heavy (non-hydrogen) atoms. The van der Waals surface area contributed by atoms with Crippen molar-refractivity contribution in [2.45, 2.75) is 33.3 Å². The van der Waals surface area contributed by atoms with Crippen LogP contribution in [-0.2, 0) is 22.6 Å². The van der Waals surface area contributed by atoms with E-state index in [9.17, 15) is 4.79 Å². The summed E-state index contributed by atoms with van der Waals surface area (Å²) in [5, 5.41) is 0. The first-order valence-corrected chi connectivity index (χ1v) is 8.18. The average Bonchev–Trinajstić information content (AvgIpc) is 2.48. The van der Waals surface area contributed by atoms with Gasteiger partial charge in [-0.2, -0.15) is 0 Å². The Kier molecular flexibility index (Phi) is 5.78. The summed E-state index contributed by atoms with van der Waals surface area (Å²) in [7, 11) is 0. The van der Waals surface area contributed by atoms with Crippen molar-refractivity contribution in [3.63, 3.8) is 0 Å². The van der Waals surface area contributed by atoms with Crippen molar-refractivity contribution in [3.8, 4) is 0 Å². The Morgan fingerprint density at radius 3 is 2.27 bits per heavy atom. The molecule has 116 valence electrons. The van der Waals surface area contributed by atoms with E-state index in [-0.39, 0.29) is 11.4 Å². The second-order valence-corrected chi connectivity index (χ2v) is 7.21. The zero-order valence-electron chi connectivity index (χ0n) is 13.0. The van der Waals surface area contributed by atoms with E-state index in [4.69, 9.17) is 4.74 Å². The standard InChI is InChI=1S/C19H21BrO2/c1-19(2,12-15-8-10-17(20)11-9-15)13-18(21)22-14-16-6-4-3-5-7-16/h3-11H,12-14H2,1-2H3. The van der Waals surface area contributed by atoms with Crippen LogP contribution in [0.25, 0.3) is 0 Å². The first-order chi connectivity index (χ1) is 10.4. The lowest BCUT2D eigenvalue weighted by molar-refractivity contribution is -0.147. The van der Waals surface area contributed by atoms with Crippen LogP contribution in [0.15, 0.2) is 59.1 Å². The molecule has 0 bridgehead atoms. The molecule has 0 saturated carbocycles. The van der Waals surface area contributed by atoms with Gasteiger partial charge in [-0.3, -0.25) is 4.79 Å².